The van der Waals surface area contributed by atoms with Crippen molar-refractivity contribution >= 4 is 17.5 Å². The number of carbonyl (C=O) groups is 2. The van der Waals surface area contributed by atoms with E-state index in [0.717, 1.165) is 22.3 Å². The average Bonchev–Trinajstić information content (AvgIpc) is 3.15. The maximum atomic E-state index is 13.4. The Labute approximate surface area is 185 Å². The van der Waals surface area contributed by atoms with Crippen LogP contribution in [0.5, 0.6) is 5.75 Å². The van der Waals surface area contributed by atoms with E-state index in [1.807, 2.05) is 0 Å². The first-order valence-corrected chi connectivity index (χ1v) is 9.98. The summed E-state index contributed by atoms with van der Waals surface area (Å²) < 4.78 is 46.7. The summed E-state index contributed by atoms with van der Waals surface area (Å²) in [6.07, 6.45) is 1.68. The predicted octanol–water partition coefficient (Wildman–Crippen LogP) is 2.62. The number of hydrogen-bond donors (Lipinski definition) is 2. The molecule has 33 heavy (non-hydrogen) atoms. The van der Waals surface area contributed by atoms with Crippen LogP contribution in [-0.2, 0) is 17.8 Å². The van der Waals surface area contributed by atoms with Gasteiger partial charge < -0.3 is 19.9 Å². The van der Waals surface area contributed by atoms with Crippen molar-refractivity contribution in [3.63, 3.8) is 0 Å². The minimum absolute atomic E-state index is 0.0324. The third-order valence-corrected chi connectivity index (χ3v) is 5.02. The number of carbonyl (C=O) groups excluding carboxylic acids is 2. The number of nitrogens with one attached hydrogen (secondary N) is 2. The second-order valence-electron chi connectivity index (χ2n) is 7.38. The van der Waals surface area contributed by atoms with Crippen molar-refractivity contribution < 1.29 is 27.5 Å². The smallest absolute Gasteiger partial charge is 0.263 e. The van der Waals surface area contributed by atoms with Crippen LogP contribution in [-0.4, -0.2) is 29.5 Å². The number of nitrogens with zero attached hydrogens (tertiary/aromatic N) is 1. The molecule has 2 heterocycles. The zero-order chi connectivity index (χ0) is 23.5. The van der Waals surface area contributed by atoms with Crippen LogP contribution in [0.25, 0.3) is 0 Å². The Kier molecular flexibility index (Phi) is 6.16. The van der Waals surface area contributed by atoms with Crippen LogP contribution in [0.4, 0.5) is 18.9 Å². The molecule has 0 aliphatic carbocycles. The topological polar surface area (TPSA) is 89.4 Å². The summed E-state index contributed by atoms with van der Waals surface area (Å²) in [5.41, 5.74) is 0.764. The van der Waals surface area contributed by atoms with Gasteiger partial charge in [-0.15, -0.1) is 0 Å². The first-order chi connectivity index (χ1) is 15.8. The minimum Gasteiger partial charge on any atom is -0.492 e. The van der Waals surface area contributed by atoms with E-state index < -0.39 is 28.9 Å². The first kappa shape index (κ1) is 22.1. The number of hydrogen-bond acceptors (Lipinski definition) is 4. The SMILES string of the molecule is O=C1Cc2ccc(OCCNC(=O)c3cccn(Cc4cc(F)c(F)c(F)c4)c3=O)cc2N1. The third-order valence-electron chi connectivity index (χ3n) is 5.02. The van der Waals surface area contributed by atoms with Crippen LogP contribution in [0.3, 0.4) is 0 Å². The zero-order valence-electron chi connectivity index (χ0n) is 17.2. The number of anilines is 1. The summed E-state index contributed by atoms with van der Waals surface area (Å²) in [7, 11) is 0. The van der Waals surface area contributed by atoms with Gasteiger partial charge in [0, 0.05) is 18.0 Å². The van der Waals surface area contributed by atoms with Gasteiger partial charge in [-0.25, -0.2) is 13.2 Å². The molecular formula is C23H18F3N3O4. The number of fused-ring (bicyclic) bond motifs is 1. The first-order valence-electron chi connectivity index (χ1n) is 9.98. The molecule has 2 aromatic carbocycles. The van der Waals surface area contributed by atoms with Gasteiger partial charge in [0.1, 0.15) is 17.9 Å². The summed E-state index contributed by atoms with van der Waals surface area (Å²) in [6, 6.07) is 9.55. The largest absolute Gasteiger partial charge is 0.492 e. The van der Waals surface area contributed by atoms with Gasteiger partial charge in [0.05, 0.1) is 19.5 Å². The molecule has 0 spiro atoms. The van der Waals surface area contributed by atoms with Crippen molar-refractivity contribution in [2.75, 3.05) is 18.5 Å². The number of pyridine rings is 1. The lowest BCUT2D eigenvalue weighted by Crippen LogP contribution is -2.34. The van der Waals surface area contributed by atoms with E-state index in [1.54, 1.807) is 18.2 Å². The Morgan fingerprint density at radius 1 is 1.09 bits per heavy atom. The Morgan fingerprint density at radius 2 is 1.85 bits per heavy atom. The molecule has 0 saturated carbocycles. The van der Waals surface area contributed by atoms with E-state index >= 15 is 0 Å². The fourth-order valence-corrected chi connectivity index (χ4v) is 3.44. The van der Waals surface area contributed by atoms with Gasteiger partial charge in [0.2, 0.25) is 5.91 Å². The molecule has 0 bridgehead atoms. The second-order valence-corrected chi connectivity index (χ2v) is 7.38. The molecule has 0 unspecified atom stereocenters. The molecule has 0 atom stereocenters. The predicted molar refractivity (Wildman–Crippen MR) is 113 cm³/mol. The van der Waals surface area contributed by atoms with Crippen molar-refractivity contribution in [3.8, 4) is 5.75 Å². The van der Waals surface area contributed by atoms with E-state index in [4.69, 9.17) is 4.74 Å². The lowest BCUT2D eigenvalue weighted by molar-refractivity contribution is -0.115. The van der Waals surface area contributed by atoms with E-state index in [-0.39, 0.29) is 36.7 Å². The summed E-state index contributed by atoms with van der Waals surface area (Å²) in [5.74, 6) is -4.53. The molecule has 3 aromatic rings. The summed E-state index contributed by atoms with van der Waals surface area (Å²) in [6.45, 7) is -0.0231. The highest BCUT2D eigenvalue weighted by Crippen LogP contribution is 2.27. The Hall–Kier alpha value is -4.08. The molecule has 0 saturated heterocycles. The Bertz CT molecular complexity index is 1280. The molecule has 4 rings (SSSR count). The number of benzene rings is 2. The van der Waals surface area contributed by atoms with Crippen molar-refractivity contribution in [1.29, 1.82) is 0 Å². The van der Waals surface area contributed by atoms with Crippen LogP contribution >= 0.6 is 0 Å². The molecule has 7 nitrogen and oxygen atoms in total. The average molecular weight is 457 g/mol. The number of halogens is 3. The Balaban J connectivity index is 1.36. The summed E-state index contributed by atoms with van der Waals surface area (Å²) in [4.78, 5) is 36.4. The summed E-state index contributed by atoms with van der Waals surface area (Å²) in [5, 5.41) is 5.29. The quantitative estimate of drug-likeness (QED) is 0.422. The Morgan fingerprint density at radius 3 is 2.61 bits per heavy atom. The van der Waals surface area contributed by atoms with Gasteiger partial charge in [0.25, 0.3) is 11.5 Å². The van der Waals surface area contributed by atoms with Crippen molar-refractivity contribution in [2.24, 2.45) is 0 Å². The van der Waals surface area contributed by atoms with Gasteiger partial charge in [-0.3, -0.25) is 14.4 Å². The molecular weight excluding hydrogens is 439 g/mol. The third kappa shape index (κ3) is 4.89. The number of rotatable bonds is 7. The number of aromatic nitrogens is 1. The maximum Gasteiger partial charge on any atom is 0.263 e. The van der Waals surface area contributed by atoms with Crippen LogP contribution < -0.4 is 20.9 Å². The van der Waals surface area contributed by atoms with Crippen LogP contribution in [0.1, 0.15) is 21.5 Å². The highest BCUT2D eigenvalue weighted by atomic mass is 19.2. The molecule has 170 valence electrons. The molecule has 2 amide bonds. The van der Waals surface area contributed by atoms with Crippen LogP contribution in [0.2, 0.25) is 0 Å². The minimum atomic E-state index is -1.59. The number of amides is 2. The molecule has 2 N–H and O–H groups in total. The van der Waals surface area contributed by atoms with Gasteiger partial charge in [-0.05, 0) is 41.5 Å². The lowest BCUT2D eigenvalue weighted by Gasteiger charge is -2.11. The highest BCUT2D eigenvalue weighted by Gasteiger charge is 2.18. The van der Waals surface area contributed by atoms with E-state index in [0.29, 0.717) is 17.9 Å². The molecule has 1 aliphatic rings. The van der Waals surface area contributed by atoms with E-state index in [2.05, 4.69) is 10.6 Å². The van der Waals surface area contributed by atoms with Crippen molar-refractivity contribution in [1.82, 2.24) is 9.88 Å². The van der Waals surface area contributed by atoms with Gasteiger partial charge in [-0.2, -0.15) is 0 Å². The van der Waals surface area contributed by atoms with Gasteiger partial charge >= 0.3 is 0 Å². The zero-order valence-corrected chi connectivity index (χ0v) is 17.2. The standard InChI is InChI=1S/C23H18F3N3O4/c24-17-8-13(9-18(25)21(17)26)12-29-6-1-2-16(23(29)32)22(31)27-5-7-33-15-4-3-14-10-20(30)28-19(14)11-15/h1-4,6,8-9,11H,5,7,10,12H2,(H,27,31)(H,28,30). The van der Waals surface area contributed by atoms with Gasteiger partial charge in [-0.1, -0.05) is 6.07 Å². The normalized spacial score (nSPS) is 12.3. The monoisotopic (exact) mass is 457 g/mol. The van der Waals surface area contributed by atoms with E-state index in [1.165, 1.54) is 18.3 Å². The fraction of sp³-hybridized carbons (Fsp3) is 0.174. The molecule has 1 aliphatic heterocycles. The maximum absolute atomic E-state index is 13.4. The van der Waals surface area contributed by atoms with Crippen LogP contribution in [0.15, 0.2) is 53.5 Å². The molecule has 0 fully saturated rings. The molecule has 0 radical (unpaired) electrons. The van der Waals surface area contributed by atoms with E-state index in [9.17, 15) is 27.6 Å². The molecule has 10 heteroatoms. The van der Waals surface area contributed by atoms with Crippen molar-refractivity contribution in [3.05, 3.63) is 93.2 Å². The second kappa shape index (κ2) is 9.19. The fourth-order valence-electron chi connectivity index (χ4n) is 3.44. The van der Waals surface area contributed by atoms with Crippen LogP contribution in [0, 0.1) is 17.5 Å². The van der Waals surface area contributed by atoms with Crippen molar-refractivity contribution in [2.45, 2.75) is 13.0 Å². The highest BCUT2D eigenvalue weighted by molar-refractivity contribution is 5.99. The summed E-state index contributed by atoms with van der Waals surface area (Å²) >= 11 is 0. The lowest BCUT2D eigenvalue weighted by atomic mass is 10.1. The molecule has 1 aromatic heterocycles. The van der Waals surface area contributed by atoms with Gasteiger partial charge in [0.15, 0.2) is 17.5 Å². The number of ether oxygens (including phenoxy) is 1.